The molecule has 1 amide bonds. The van der Waals surface area contributed by atoms with Crippen molar-refractivity contribution in [1.82, 2.24) is 9.78 Å². The number of benzene rings is 3. The third-order valence-corrected chi connectivity index (χ3v) is 6.26. The fourth-order valence-electron chi connectivity index (χ4n) is 3.23. The second-order valence-corrected chi connectivity index (χ2v) is 8.92. The number of carbonyl (C=O) groups is 1. The molecule has 0 bridgehead atoms. The normalized spacial score (nSPS) is 11.1. The standard InChI is InChI=1S/C24H22N4O4S/c1-17-12-13-23(32-2)22(16-17)28-15-14-21(26-28)24(29)25-19-10-6-7-11-20(19)27-33(30,31)18-8-4-3-5-9-18/h3-16,27H,1-2H3,(H,25,29). The van der Waals surface area contributed by atoms with E-state index in [0.29, 0.717) is 17.1 Å². The summed E-state index contributed by atoms with van der Waals surface area (Å²) in [5.41, 5.74) is 2.44. The van der Waals surface area contributed by atoms with Crippen LogP contribution in [0, 0.1) is 6.92 Å². The van der Waals surface area contributed by atoms with Crippen LogP contribution in [0.15, 0.2) is 90.0 Å². The van der Waals surface area contributed by atoms with Crippen LogP contribution in [-0.2, 0) is 10.0 Å². The van der Waals surface area contributed by atoms with Gasteiger partial charge in [-0.25, -0.2) is 13.1 Å². The highest BCUT2D eigenvalue weighted by Gasteiger charge is 2.18. The molecule has 8 nitrogen and oxygen atoms in total. The topological polar surface area (TPSA) is 102 Å². The molecule has 0 aliphatic heterocycles. The number of amides is 1. The van der Waals surface area contributed by atoms with Gasteiger partial charge in [-0.1, -0.05) is 36.4 Å². The Labute approximate surface area is 191 Å². The first-order valence-corrected chi connectivity index (χ1v) is 11.5. The molecule has 0 atom stereocenters. The van der Waals surface area contributed by atoms with Gasteiger partial charge in [0.25, 0.3) is 15.9 Å². The molecule has 0 saturated heterocycles. The van der Waals surface area contributed by atoms with Gasteiger partial charge in [0, 0.05) is 6.20 Å². The van der Waals surface area contributed by atoms with Crippen molar-refractivity contribution in [3.63, 3.8) is 0 Å². The largest absolute Gasteiger partial charge is 0.494 e. The van der Waals surface area contributed by atoms with Gasteiger partial charge in [-0.05, 0) is 55.0 Å². The minimum Gasteiger partial charge on any atom is -0.494 e. The number of hydrogen-bond donors (Lipinski definition) is 2. The average Bonchev–Trinajstić information content (AvgIpc) is 3.31. The molecule has 0 fully saturated rings. The Morgan fingerprint density at radius 2 is 1.64 bits per heavy atom. The summed E-state index contributed by atoms with van der Waals surface area (Å²) < 4.78 is 34.9. The van der Waals surface area contributed by atoms with E-state index in [1.165, 1.54) is 12.1 Å². The molecule has 1 aromatic heterocycles. The molecule has 3 aromatic carbocycles. The van der Waals surface area contributed by atoms with Crippen LogP contribution in [0.25, 0.3) is 5.69 Å². The number of carbonyl (C=O) groups excluding carboxylic acids is 1. The van der Waals surface area contributed by atoms with Gasteiger partial charge >= 0.3 is 0 Å². The highest BCUT2D eigenvalue weighted by Crippen LogP contribution is 2.26. The quantitative estimate of drug-likeness (QED) is 0.428. The second-order valence-electron chi connectivity index (χ2n) is 7.24. The van der Waals surface area contributed by atoms with E-state index < -0.39 is 15.9 Å². The Morgan fingerprint density at radius 1 is 0.939 bits per heavy atom. The molecule has 0 unspecified atom stereocenters. The maximum Gasteiger partial charge on any atom is 0.276 e. The molecule has 4 rings (SSSR count). The molecule has 0 saturated carbocycles. The minimum atomic E-state index is -3.81. The van der Waals surface area contributed by atoms with Crippen LogP contribution in [-0.4, -0.2) is 31.2 Å². The van der Waals surface area contributed by atoms with Crippen molar-refractivity contribution in [2.45, 2.75) is 11.8 Å². The summed E-state index contributed by atoms with van der Waals surface area (Å²) in [5.74, 6) is 0.142. The van der Waals surface area contributed by atoms with E-state index in [1.807, 2.05) is 25.1 Å². The summed E-state index contributed by atoms with van der Waals surface area (Å²) >= 11 is 0. The number of hydrogen-bond acceptors (Lipinski definition) is 5. The molecule has 0 aliphatic rings. The zero-order valence-electron chi connectivity index (χ0n) is 18.0. The number of ether oxygens (including phenoxy) is 1. The Hall–Kier alpha value is -4.11. The summed E-state index contributed by atoms with van der Waals surface area (Å²) in [5, 5.41) is 7.10. The summed E-state index contributed by atoms with van der Waals surface area (Å²) in [6.45, 7) is 1.95. The van der Waals surface area contributed by atoms with E-state index in [2.05, 4.69) is 15.1 Å². The van der Waals surface area contributed by atoms with Gasteiger partial charge in [0.1, 0.15) is 11.4 Å². The third kappa shape index (κ3) is 4.88. The van der Waals surface area contributed by atoms with Gasteiger partial charge < -0.3 is 10.1 Å². The van der Waals surface area contributed by atoms with Crippen molar-refractivity contribution in [2.24, 2.45) is 0 Å². The number of nitrogens with one attached hydrogen (secondary N) is 2. The monoisotopic (exact) mass is 462 g/mol. The van der Waals surface area contributed by atoms with E-state index in [4.69, 9.17) is 4.74 Å². The van der Waals surface area contributed by atoms with Crippen molar-refractivity contribution >= 4 is 27.3 Å². The zero-order chi connectivity index (χ0) is 23.4. The number of aromatic nitrogens is 2. The van der Waals surface area contributed by atoms with Crippen LogP contribution < -0.4 is 14.8 Å². The predicted octanol–water partition coefficient (Wildman–Crippen LogP) is 4.24. The van der Waals surface area contributed by atoms with Crippen molar-refractivity contribution < 1.29 is 17.9 Å². The lowest BCUT2D eigenvalue weighted by molar-refractivity contribution is 0.102. The minimum absolute atomic E-state index is 0.122. The number of nitrogens with zero attached hydrogens (tertiary/aromatic N) is 2. The molecule has 1 heterocycles. The van der Waals surface area contributed by atoms with Crippen LogP contribution in [0.5, 0.6) is 5.75 Å². The molecule has 33 heavy (non-hydrogen) atoms. The SMILES string of the molecule is COc1ccc(C)cc1-n1ccc(C(=O)Nc2ccccc2NS(=O)(=O)c2ccccc2)n1. The van der Waals surface area contributed by atoms with Crippen LogP contribution in [0.2, 0.25) is 0 Å². The van der Waals surface area contributed by atoms with Crippen LogP contribution in [0.3, 0.4) is 0 Å². The van der Waals surface area contributed by atoms with Crippen molar-refractivity contribution in [2.75, 3.05) is 17.1 Å². The molecule has 0 radical (unpaired) electrons. The first-order chi connectivity index (χ1) is 15.9. The van der Waals surface area contributed by atoms with Gasteiger partial charge in [0.05, 0.1) is 23.4 Å². The van der Waals surface area contributed by atoms with Gasteiger partial charge in [-0.15, -0.1) is 0 Å². The van der Waals surface area contributed by atoms with E-state index >= 15 is 0 Å². The summed E-state index contributed by atoms with van der Waals surface area (Å²) in [6.07, 6.45) is 1.66. The third-order valence-electron chi connectivity index (χ3n) is 4.88. The molecule has 4 aromatic rings. The molecule has 168 valence electrons. The van der Waals surface area contributed by atoms with Gasteiger partial charge in [0.15, 0.2) is 5.69 Å². The maximum atomic E-state index is 12.9. The Kier molecular flexibility index (Phi) is 6.14. The van der Waals surface area contributed by atoms with Gasteiger partial charge in [-0.3, -0.25) is 9.52 Å². The van der Waals surface area contributed by atoms with Crippen molar-refractivity contribution in [3.05, 3.63) is 96.3 Å². The Bertz CT molecular complexity index is 1400. The maximum absolute atomic E-state index is 12.9. The lowest BCUT2D eigenvalue weighted by Crippen LogP contribution is -2.17. The highest BCUT2D eigenvalue weighted by atomic mass is 32.2. The lowest BCUT2D eigenvalue weighted by Gasteiger charge is -2.13. The lowest BCUT2D eigenvalue weighted by atomic mass is 10.2. The predicted molar refractivity (Wildman–Crippen MR) is 126 cm³/mol. The fourth-order valence-corrected chi connectivity index (χ4v) is 4.33. The number of anilines is 2. The molecule has 0 spiro atoms. The molecule has 0 aliphatic carbocycles. The van der Waals surface area contributed by atoms with E-state index in [-0.39, 0.29) is 16.3 Å². The molecule has 9 heteroatoms. The van der Waals surface area contributed by atoms with Crippen LogP contribution in [0.1, 0.15) is 16.1 Å². The van der Waals surface area contributed by atoms with Crippen LogP contribution >= 0.6 is 0 Å². The van der Waals surface area contributed by atoms with Gasteiger partial charge in [0.2, 0.25) is 0 Å². The Balaban J connectivity index is 1.57. The number of methoxy groups -OCH3 is 1. The molecule has 2 N–H and O–H groups in total. The second kappa shape index (κ2) is 9.17. The number of rotatable bonds is 7. The fraction of sp³-hybridized carbons (Fsp3) is 0.0833. The summed E-state index contributed by atoms with van der Waals surface area (Å²) in [6, 6.07) is 21.8. The zero-order valence-corrected chi connectivity index (χ0v) is 18.8. The highest BCUT2D eigenvalue weighted by molar-refractivity contribution is 7.92. The van der Waals surface area contributed by atoms with Crippen molar-refractivity contribution in [1.29, 1.82) is 0 Å². The van der Waals surface area contributed by atoms with Crippen LogP contribution in [0.4, 0.5) is 11.4 Å². The van der Waals surface area contributed by atoms with E-state index in [0.717, 1.165) is 5.56 Å². The van der Waals surface area contributed by atoms with E-state index in [9.17, 15) is 13.2 Å². The first-order valence-electron chi connectivity index (χ1n) is 10.1. The smallest absolute Gasteiger partial charge is 0.276 e. The number of para-hydroxylation sites is 2. The number of aryl methyl sites for hydroxylation is 1. The molecular formula is C24H22N4O4S. The Morgan fingerprint density at radius 3 is 2.36 bits per heavy atom. The molecular weight excluding hydrogens is 440 g/mol. The number of sulfonamides is 1. The van der Waals surface area contributed by atoms with Gasteiger partial charge in [-0.2, -0.15) is 5.10 Å². The van der Waals surface area contributed by atoms with Crippen molar-refractivity contribution in [3.8, 4) is 11.4 Å². The first kappa shape index (κ1) is 22.1. The van der Waals surface area contributed by atoms with E-state index in [1.54, 1.807) is 66.5 Å². The summed E-state index contributed by atoms with van der Waals surface area (Å²) in [7, 11) is -2.25. The summed E-state index contributed by atoms with van der Waals surface area (Å²) in [4.78, 5) is 13.0. The average molecular weight is 463 g/mol.